The lowest BCUT2D eigenvalue weighted by atomic mass is 10.0. The zero-order chi connectivity index (χ0) is 21.9. The number of hydrogen-bond acceptors (Lipinski definition) is 3. The van der Waals surface area contributed by atoms with Gasteiger partial charge in [0.1, 0.15) is 0 Å². The Balaban J connectivity index is 1.84. The first-order chi connectivity index (χ1) is 14.2. The summed E-state index contributed by atoms with van der Waals surface area (Å²) in [5.74, 6) is -0.231. The molecule has 0 aromatic heterocycles. The van der Waals surface area contributed by atoms with Gasteiger partial charge in [-0.25, -0.2) is 8.42 Å². The summed E-state index contributed by atoms with van der Waals surface area (Å²) in [7, 11) is -3.67. The number of nitrogens with zero attached hydrogens (tertiary/aromatic N) is 1. The molecule has 30 heavy (non-hydrogen) atoms. The summed E-state index contributed by atoms with van der Waals surface area (Å²) in [6.07, 6.45) is 0. The van der Waals surface area contributed by atoms with Gasteiger partial charge >= 0.3 is 0 Å². The molecule has 3 aromatic carbocycles. The SMILES string of the molecule is CCN(c1ccc(C(=O)Nc2c(C)cc(C)cc2C)cc1)S(=O)(=O)c1ccccc1. The van der Waals surface area contributed by atoms with E-state index >= 15 is 0 Å². The molecule has 0 aliphatic carbocycles. The first kappa shape index (κ1) is 21.6. The van der Waals surface area contributed by atoms with E-state index in [1.165, 1.54) is 4.31 Å². The summed E-state index contributed by atoms with van der Waals surface area (Å²) < 4.78 is 27.3. The van der Waals surface area contributed by atoms with Crippen molar-refractivity contribution in [2.75, 3.05) is 16.2 Å². The standard InChI is InChI=1S/C24H26N2O3S/c1-5-26(30(28,29)22-9-7-6-8-10-22)21-13-11-20(12-14-21)24(27)25-23-18(3)15-17(2)16-19(23)4/h6-16H,5H2,1-4H3,(H,25,27). The van der Waals surface area contributed by atoms with Crippen molar-refractivity contribution in [3.8, 4) is 0 Å². The molecular weight excluding hydrogens is 396 g/mol. The molecule has 6 heteroatoms. The van der Waals surface area contributed by atoms with Crippen molar-refractivity contribution in [3.05, 3.63) is 89.0 Å². The molecular formula is C24H26N2O3S. The molecule has 0 aliphatic heterocycles. The number of carbonyl (C=O) groups excluding carboxylic acids is 1. The zero-order valence-corrected chi connectivity index (χ0v) is 18.5. The molecule has 156 valence electrons. The molecule has 0 radical (unpaired) electrons. The summed E-state index contributed by atoms with van der Waals surface area (Å²) in [6.45, 7) is 8.01. The molecule has 0 saturated heterocycles. The van der Waals surface area contributed by atoms with Crippen LogP contribution in [0.15, 0.2) is 71.6 Å². The zero-order valence-electron chi connectivity index (χ0n) is 17.6. The van der Waals surface area contributed by atoms with Crippen molar-refractivity contribution < 1.29 is 13.2 Å². The Kier molecular flexibility index (Phi) is 6.27. The Morgan fingerprint density at radius 2 is 1.47 bits per heavy atom. The van der Waals surface area contributed by atoms with Gasteiger partial charge in [0.25, 0.3) is 15.9 Å². The van der Waals surface area contributed by atoms with Crippen LogP contribution in [0.4, 0.5) is 11.4 Å². The van der Waals surface area contributed by atoms with Crippen LogP contribution in [0.5, 0.6) is 0 Å². The molecule has 0 atom stereocenters. The normalized spacial score (nSPS) is 11.2. The highest BCUT2D eigenvalue weighted by molar-refractivity contribution is 7.92. The van der Waals surface area contributed by atoms with Gasteiger partial charge in [-0.1, -0.05) is 35.9 Å². The first-order valence-electron chi connectivity index (χ1n) is 9.81. The van der Waals surface area contributed by atoms with Crippen molar-refractivity contribution in [3.63, 3.8) is 0 Å². The van der Waals surface area contributed by atoms with E-state index in [1.54, 1.807) is 61.5 Å². The molecule has 0 saturated carbocycles. The van der Waals surface area contributed by atoms with Crippen molar-refractivity contribution >= 4 is 27.3 Å². The van der Waals surface area contributed by atoms with Gasteiger partial charge in [0.15, 0.2) is 0 Å². The molecule has 0 bridgehead atoms. The highest BCUT2D eigenvalue weighted by Gasteiger charge is 2.23. The van der Waals surface area contributed by atoms with Gasteiger partial charge in [0, 0.05) is 17.8 Å². The maximum atomic E-state index is 13.0. The molecule has 1 N–H and O–H groups in total. The van der Waals surface area contributed by atoms with Gasteiger partial charge < -0.3 is 5.32 Å². The van der Waals surface area contributed by atoms with Crippen LogP contribution in [0.2, 0.25) is 0 Å². The minimum atomic E-state index is -3.67. The van der Waals surface area contributed by atoms with Crippen LogP contribution in [0, 0.1) is 20.8 Å². The van der Waals surface area contributed by atoms with Gasteiger partial charge in [-0.15, -0.1) is 0 Å². The molecule has 0 unspecified atom stereocenters. The Labute approximate surface area is 178 Å². The third-order valence-corrected chi connectivity index (χ3v) is 6.87. The number of sulfonamides is 1. The Morgan fingerprint density at radius 1 is 0.900 bits per heavy atom. The average molecular weight is 423 g/mol. The van der Waals surface area contributed by atoms with E-state index in [0.717, 1.165) is 22.4 Å². The molecule has 0 spiro atoms. The van der Waals surface area contributed by atoms with Crippen LogP contribution in [0.25, 0.3) is 0 Å². The smallest absolute Gasteiger partial charge is 0.264 e. The molecule has 1 amide bonds. The van der Waals surface area contributed by atoms with E-state index in [1.807, 2.05) is 32.9 Å². The van der Waals surface area contributed by atoms with Gasteiger partial charge in [-0.3, -0.25) is 9.10 Å². The maximum absolute atomic E-state index is 13.0. The second kappa shape index (κ2) is 8.71. The Hall–Kier alpha value is -3.12. The van der Waals surface area contributed by atoms with Crippen molar-refractivity contribution in [1.82, 2.24) is 0 Å². The van der Waals surface area contributed by atoms with E-state index < -0.39 is 10.0 Å². The Bertz CT molecular complexity index is 1130. The number of anilines is 2. The second-order valence-corrected chi connectivity index (χ2v) is 9.12. The molecule has 3 aromatic rings. The summed E-state index contributed by atoms with van der Waals surface area (Å²) in [6, 6.07) is 19.0. The fraction of sp³-hybridized carbons (Fsp3) is 0.208. The number of hydrogen-bond donors (Lipinski definition) is 1. The highest BCUT2D eigenvalue weighted by atomic mass is 32.2. The van der Waals surface area contributed by atoms with Crippen LogP contribution in [-0.4, -0.2) is 20.9 Å². The van der Waals surface area contributed by atoms with Gasteiger partial charge in [0.2, 0.25) is 0 Å². The van der Waals surface area contributed by atoms with Crippen LogP contribution >= 0.6 is 0 Å². The molecule has 0 fully saturated rings. The van der Waals surface area contributed by atoms with E-state index in [9.17, 15) is 13.2 Å². The third-order valence-electron chi connectivity index (χ3n) is 4.95. The van der Waals surface area contributed by atoms with E-state index in [-0.39, 0.29) is 17.3 Å². The molecule has 0 aliphatic rings. The van der Waals surface area contributed by atoms with Crippen molar-refractivity contribution in [1.29, 1.82) is 0 Å². The number of nitrogens with one attached hydrogen (secondary N) is 1. The fourth-order valence-corrected chi connectivity index (χ4v) is 5.05. The van der Waals surface area contributed by atoms with Crippen molar-refractivity contribution in [2.45, 2.75) is 32.6 Å². The van der Waals surface area contributed by atoms with Crippen molar-refractivity contribution in [2.24, 2.45) is 0 Å². The minimum absolute atomic E-state index is 0.231. The van der Waals surface area contributed by atoms with Crippen LogP contribution in [-0.2, 0) is 10.0 Å². The summed E-state index contributed by atoms with van der Waals surface area (Å²) >= 11 is 0. The number of aryl methyl sites for hydroxylation is 3. The largest absolute Gasteiger partial charge is 0.322 e. The number of carbonyl (C=O) groups is 1. The summed E-state index contributed by atoms with van der Waals surface area (Å²) in [4.78, 5) is 13.0. The van der Waals surface area contributed by atoms with E-state index in [2.05, 4.69) is 5.32 Å². The lowest BCUT2D eigenvalue weighted by Gasteiger charge is -2.23. The summed E-state index contributed by atoms with van der Waals surface area (Å²) in [5, 5.41) is 2.97. The number of rotatable bonds is 6. The first-order valence-corrected chi connectivity index (χ1v) is 11.2. The molecule has 0 heterocycles. The average Bonchev–Trinajstić information content (AvgIpc) is 2.72. The lowest BCUT2D eigenvalue weighted by molar-refractivity contribution is 0.102. The van der Waals surface area contributed by atoms with Crippen LogP contribution in [0.3, 0.4) is 0 Å². The lowest BCUT2D eigenvalue weighted by Crippen LogP contribution is -2.30. The fourth-order valence-electron chi connectivity index (χ4n) is 3.55. The second-order valence-electron chi connectivity index (χ2n) is 7.26. The predicted molar refractivity (Wildman–Crippen MR) is 122 cm³/mol. The third kappa shape index (κ3) is 4.39. The van der Waals surface area contributed by atoms with E-state index in [0.29, 0.717) is 11.3 Å². The quantitative estimate of drug-likeness (QED) is 0.602. The highest BCUT2D eigenvalue weighted by Crippen LogP contribution is 2.25. The van der Waals surface area contributed by atoms with Crippen LogP contribution in [0.1, 0.15) is 34.0 Å². The topological polar surface area (TPSA) is 66.5 Å². The molecule has 5 nitrogen and oxygen atoms in total. The minimum Gasteiger partial charge on any atom is -0.322 e. The van der Waals surface area contributed by atoms with Crippen LogP contribution < -0.4 is 9.62 Å². The number of amides is 1. The number of benzene rings is 3. The molecule has 3 rings (SSSR count). The monoisotopic (exact) mass is 422 g/mol. The summed E-state index contributed by atoms with van der Waals surface area (Å²) in [5.41, 5.74) is 4.93. The van der Waals surface area contributed by atoms with Gasteiger partial charge in [-0.2, -0.15) is 0 Å². The van der Waals surface area contributed by atoms with Gasteiger partial charge in [0.05, 0.1) is 10.6 Å². The van der Waals surface area contributed by atoms with Gasteiger partial charge in [-0.05, 0) is 75.2 Å². The Morgan fingerprint density at radius 3 is 2.00 bits per heavy atom. The van der Waals surface area contributed by atoms with E-state index in [4.69, 9.17) is 0 Å². The predicted octanol–water partition coefficient (Wildman–Crippen LogP) is 5.08. The maximum Gasteiger partial charge on any atom is 0.264 e.